The van der Waals surface area contributed by atoms with Gasteiger partial charge in [-0.15, -0.1) is 0 Å². The van der Waals surface area contributed by atoms with Gasteiger partial charge >= 0.3 is 0 Å². The van der Waals surface area contributed by atoms with Crippen molar-refractivity contribution in [2.24, 2.45) is 0 Å². The Kier molecular flexibility index (Phi) is 7.40. The number of rotatable bonds is 8. The first kappa shape index (κ1) is 16.4. The summed E-state index contributed by atoms with van der Waals surface area (Å²) in [6.07, 6.45) is -18.9. The maximum atomic E-state index is 12.5. The zero-order valence-electron chi connectivity index (χ0n) is 8.31. The summed E-state index contributed by atoms with van der Waals surface area (Å²) in [5.41, 5.74) is 0. The van der Waals surface area contributed by atoms with Crippen LogP contribution in [0, 0.1) is 0 Å². The molecule has 0 amide bonds. The van der Waals surface area contributed by atoms with Crippen molar-refractivity contribution in [2.75, 3.05) is 13.2 Å². The van der Waals surface area contributed by atoms with Crippen LogP contribution in [0.1, 0.15) is 0 Å². The van der Waals surface area contributed by atoms with Crippen LogP contribution in [0.5, 0.6) is 0 Å². The predicted octanol–water partition coefficient (Wildman–Crippen LogP) is 2.89. The molecule has 104 valence electrons. The third-order valence-corrected chi connectivity index (χ3v) is 1.73. The van der Waals surface area contributed by atoms with Crippen LogP contribution in [0.4, 0.5) is 35.1 Å². The topological polar surface area (TPSA) is 9.23 Å². The molecule has 0 N–H and O–H groups in total. The Morgan fingerprint density at radius 1 is 0.588 bits per heavy atom. The predicted molar refractivity (Wildman–Crippen MR) is 42.4 cm³/mol. The molecule has 9 heteroatoms. The van der Waals surface area contributed by atoms with E-state index in [9.17, 15) is 35.1 Å². The summed E-state index contributed by atoms with van der Waals surface area (Å²) < 4.78 is 99.9. The average Bonchev–Trinajstić information content (AvgIpc) is 2.26. The van der Waals surface area contributed by atoms with Crippen molar-refractivity contribution in [3.05, 3.63) is 0 Å². The molecule has 0 saturated heterocycles. The van der Waals surface area contributed by atoms with Gasteiger partial charge in [-0.3, -0.25) is 0 Å². The fourth-order valence-electron chi connectivity index (χ4n) is 0.793. The zero-order valence-corrected chi connectivity index (χ0v) is 8.31. The molecule has 0 aromatic rings. The number of hydrogen-bond acceptors (Lipinski definition) is 1. The molecule has 0 heterocycles. The Morgan fingerprint density at radius 2 is 0.882 bits per heavy atom. The van der Waals surface area contributed by atoms with E-state index in [0.717, 1.165) is 0 Å². The van der Waals surface area contributed by atoms with Gasteiger partial charge in [-0.2, -0.15) is 0 Å². The van der Waals surface area contributed by atoms with E-state index in [-0.39, 0.29) is 0 Å². The van der Waals surface area contributed by atoms with Gasteiger partial charge in [-0.1, -0.05) is 0 Å². The smallest absolute Gasteiger partial charge is 0.272 e. The molecule has 0 saturated carbocycles. The molecule has 0 rings (SSSR count). The highest BCUT2D eigenvalue weighted by molar-refractivity contribution is 4.72. The van der Waals surface area contributed by atoms with Crippen molar-refractivity contribution < 1.29 is 39.9 Å². The normalized spacial score (nSPS) is 19.4. The van der Waals surface area contributed by atoms with Crippen molar-refractivity contribution in [3.8, 4) is 0 Å². The molecule has 0 aliphatic carbocycles. The standard InChI is InChI=1S/C8H10F8O/c9-3(5(11)7(13)14)1-17-2-4(10)6(12)8(15)16/h3-8H,1-2H2. The molecule has 0 aromatic heterocycles. The molecule has 0 aromatic carbocycles. The molecule has 1 nitrogen and oxygen atoms in total. The molecule has 4 atom stereocenters. The summed E-state index contributed by atoms with van der Waals surface area (Å²) in [6, 6.07) is 0. The van der Waals surface area contributed by atoms with Crippen molar-refractivity contribution in [1.29, 1.82) is 0 Å². The molecule has 0 aliphatic heterocycles. The van der Waals surface area contributed by atoms with Gasteiger partial charge < -0.3 is 4.74 Å². The quantitative estimate of drug-likeness (QED) is 0.618. The van der Waals surface area contributed by atoms with E-state index in [0.29, 0.717) is 0 Å². The van der Waals surface area contributed by atoms with Crippen molar-refractivity contribution >= 4 is 0 Å². The van der Waals surface area contributed by atoms with E-state index in [4.69, 9.17) is 0 Å². The van der Waals surface area contributed by atoms with Crippen LogP contribution in [-0.4, -0.2) is 50.8 Å². The molecular formula is C8H10F8O. The molecule has 4 unspecified atom stereocenters. The van der Waals surface area contributed by atoms with E-state index < -0.39 is 50.8 Å². The van der Waals surface area contributed by atoms with Gasteiger partial charge in [0.25, 0.3) is 12.9 Å². The first-order valence-corrected chi connectivity index (χ1v) is 4.47. The van der Waals surface area contributed by atoms with Crippen molar-refractivity contribution in [2.45, 2.75) is 37.5 Å². The second-order valence-electron chi connectivity index (χ2n) is 3.13. The maximum absolute atomic E-state index is 12.5. The van der Waals surface area contributed by atoms with Crippen molar-refractivity contribution in [1.82, 2.24) is 0 Å². The van der Waals surface area contributed by atoms with Gasteiger partial charge in [-0.25, -0.2) is 35.1 Å². The van der Waals surface area contributed by atoms with E-state index in [1.54, 1.807) is 0 Å². The summed E-state index contributed by atoms with van der Waals surface area (Å²) >= 11 is 0. The first-order chi connectivity index (χ1) is 7.77. The van der Waals surface area contributed by atoms with Crippen molar-refractivity contribution in [3.63, 3.8) is 0 Å². The van der Waals surface area contributed by atoms with Gasteiger partial charge in [-0.05, 0) is 0 Å². The Bertz CT molecular complexity index is 182. The number of ether oxygens (including phenoxy) is 1. The summed E-state index contributed by atoms with van der Waals surface area (Å²) in [5, 5.41) is 0. The number of halogens is 8. The Balaban J connectivity index is 3.84. The minimum Gasteiger partial charge on any atom is -0.375 e. The van der Waals surface area contributed by atoms with E-state index >= 15 is 0 Å². The molecule has 0 fully saturated rings. The molecule has 0 aliphatic rings. The van der Waals surface area contributed by atoms with Crippen LogP contribution in [-0.2, 0) is 4.74 Å². The molecule has 17 heavy (non-hydrogen) atoms. The van der Waals surface area contributed by atoms with Gasteiger partial charge in [0.1, 0.15) is 0 Å². The molecule has 0 radical (unpaired) electrons. The molecular weight excluding hydrogens is 264 g/mol. The minimum absolute atomic E-state index is 1.26. The van der Waals surface area contributed by atoms with Crippen LogP contribution in [0.25, 0.3) is 0 Å². The highest BCUT2D eigenvalue weighted by atomic mass is 19.3. The lowest BCUT2D eigenvalue weighted by molar-refractivity contribution is -0.0583. The van der Waals surface area contributed by atoms with Gasteiger partial charge in [0.05, 0.1) is 13.2 Å². The number of hydrogen-bond donors (Lipinski definition) is 0. The summed E-state index contributed by atoms with van der Waals surface area (Å²) in [5.74, 6) is 0. The van der Waals surface area contributed by atoms with Crippen LogP contribution in [0.2, 0.25) is 0 Å². The van der Waals surface area contributed by atoms with E-state index in [1.807, 2.05) is 0 Å². The zero-order chi connectivity index (χ0) is 13.6. The van der Waals surface area contributed by atoms with E-state index in [2.05, 4.69) is 4.74 Å². The summed E-state index contributed by atoms with van der Waals surface area (Å²) in [4.78, 5) is 0. The Hall–Kier alpha value is -0.600. The monoisotopic (exact) mass is 274 g/mol. The highest BCUT2D eigenvalue weighted by Gasteiger charge is 2.32. The van der Waals surface area contributed by atoms with Crippen LogP contribution in [0.3, 0.4) is 0 Å². The Labute approximate surface area is 91.7 Å². The van der Waals surface area contributed by atoms with Crippen LogP contribution < -0.4 is 0 Å². The number of alkyl halides is 8. The largest absolute Gasteiger partial charge is 0.375 e. The average molecular weight is 274 g/mol. The summed E-state index contributed by atoms with van der Waals surface area (Å²) in [6.45, 7) is -2.52. The lowest BCUT2D eigenvalue weighted by Gasteiger charge is -2.15. The SMILES string of the molecule is FC(F)C(F)C(F)COCC(F)C(F)C(F)F. The van der Waals surface area contributed by atoms with Gasteiger partial charge in [0, 0.05) is 0 Å². The second kappa shape index (κ2) is 7.67. The maximum Gasteiger partial charge on any atom is 0.272 e. The first-order valence-electron chi connectivity index (χ1n) is 4.47. The molecule has 0 spiro atoms. The lowest BCUT2D eigenvalue weighted by atomic mass is 10.2. The lowest BCUT2D eigenvalue weighted by Crippen LogP contribution is -2.33. The van der Waals surface area contributed by atoms with E-state index in [1.165, 1.54) is 0 Å². The fraction of sp³-hybridized carbons (Fsp3) is 1.00. The Morgan fingerprint density at radius 3 is 1.12 bits per heavy atom. The summed E-state index contributed by atoms with van der Waals surface area (Å²) in [7, 11) is 0. The molecule has 0 bridgehead atoms. The fourth-order valence-corrected chi connectivity index (χ4v) is 0.793. The van der Waals surface area contributed by atoms with Gasteiger partial charge in [0.15, 0.2) is 24.7 Å². The van der Waals surface area contributed by atoms with Crippen LogP contribution >= 0.6 is 0 Å². The van der Waals surface area contributed by atoms with Gasteiger partial charge in [0.2, 0.25) is 0 Å². The third-order valence-electron chi connectivity index (χ3n) is 1.73. The van der Waals surface area contributed by atoms with Crippen LogP contribution in [0.15, 0.2) is 0 Å². The minimum atomic E-state index is -3.58. The third kappa shape index (κ3) is 6.04. The second-order valence-corrected chi connectivity index (χ2v) is 3.13. The highest BCUT2D eigenvalue weighted by Crippen LogP contribution is 2.16.